The van der Waals surface area contributed by atoms with Crippen LogP contribution in [0.4, 0.5) is 0 Å². The van der Waals surface area contributed by atoms with Crippen LogP contribution in [0.5, 0.6) is 0 Å². The van der Waals surface area contributed by atoms with Crippen molar-refractivity contribution < 1.29 is 0 Å². The molecule has 1 aliphatic heterocycles. The Labute approximate surface area is 154 Å². The lowest BCUT2D eigenvalue weighted by Gasteiger charge is -2.16. The van der Waals surface area contributed by atoms with Crippen LogP contribution >= 0.6 is 0 Å². The second kappa shape index (κ2) is 5.81. The summed E-state index contributed by atoms with van der Waals surface area (Å²) in [6, 6.07) is 15.2. The van der Waals surface area contributed by atoms with E-state index >= 15 is 0 Å². The van der Waals surface area contributed by atoms with Crippen LogP contribution in [0.1, 0.15) is 25.8 Å². The molecule has 1 heteroatoms. The second-order valence-corrected chi connectivity index (χ2v) is 7.38. The van der Waals surface area contributed by atoms with Crippen molar-refractivity contribution in [3.8, 4) is 0 Å². The Morgan fingerprint density at radius 2 is 1.73 bits per heavy atom. The molecule has 2 aromatic carbocycles. The molecule has 0 atom stereocenters. The van der Waals surface area contributed by atoms with Gasteiger partial charge in [-0.05, 0) is 48.3 Å². The van der Waals surface area contributed by atoms with Crippen molar-refractivity contribution in [2.75, 3.05) is 0 Å². The van der Waals surface area contributed by atoms with Gasteiger partial charge in [0.2, 0.25) is 0 Å². The molecule has 2 aromatic rings. The minimum Gasteiger partial charge on any atom is -0.248 e. The summed E-state index contributed by atoms with van der Waals surface area (Å²) < 4.78 is 0. The van der Waals surface area contributed by atoms with Gasteiger partial charge in [0.05, 0.1) is 11.4 Å². The van der Waals surface area contributed by atoms with Gasteiger partial charge >= 0.3 is 0 Å². The predicted octanol–water partition coefficient (Wildman–Crippen LogP) is 6.31. The maximum absolute atomic E-state index is 5.09. The highest BCUT2D eigenvalue weighted by molar-refractivity contribution is 6.18. The zero-order chi connectivity index (χ0) is 17.7. The monoisotopic (exact) mass is 335 g/mol. The zero-order valence-electron chi connectivity index (χ0n) is 15.2. The van der Waals surface area contributed by atoms with E-state index in [9.17, 15) is 0 Å². The molecule has 1 nitrogen and oxygen atoms in total. The summed E-state index contributed by atoms with van der Waals surface area (Å²) >= 11 is 0. The molecule has 2 aliphatic carbocycles. The summed E-state index contributed by atoms with van der Waals surface area (Å²) in [6.07, 6.45) is 12.1. The van der Waals surface area contributed by atoms with Crippen LogP contribution in [0.25, 0.3) is 10.8 Å². The van der Waals surface area contributed by atoms with Crippen LogP contribution in [0.15, 0.2) is 106 Å². The number of benzene rings is 2. The summed E-state index contributed by atoms with van der Waals surface area (Å²) in [5, 5.41) is 2.54. The van der Waals surface area contributed by atoms with Crippen molar-refractivity contribution in [2.45, 2.75) is 20.3 Å². The van der Waals surface area contributed by atoms with Gasteiger partial charge in [0.25, 0.3) is 0 Å². The molecule has 0 fully saturated rings. The quantitative estimate of drug-likeness (QED) is 0.610. The zero-order valence-corrected chi connectivity index (χ0v) is 15.2. The molecule has 0 unspecified atom stereocenters. The van der Waals surface area contributed by atoms with Crippen LogP contribution < -0.4 is 0 Å². The molecule has 0 aromatic heterocycles. The molecule has 1 heterocycles. The second-order valence-electron chi connectivity index (χ2n) is 7.38. The number of hydrogen-bond acceptors (Lipinski definition) is 1. The maximum atomic E-state index is 5.09. The van der Waals surface area contributed by atoms with Gasteiger partial charge in [-0.2, -0.15) is 0 Å². The fourth-order valence-electron chi connectivity index (χ4n) is 4.22. The first-order valence-electron chi connectivity index (χ1n) is 9.27. The van der Waals surface area contributed by atoms with Gasteiger partial charge in [-0.25, -0.2) is 4.99 Å². The Morgan fingerprint density at radius 1 is 0.962 bits per heavy atom. The Kier molecular flexibility index (Phi) is 3.43. The molecular formula is C25H21N. The lowest BCUT2D eigenvalue weighted by atomic mass is 9.86. The van der Waals surface area contributed by atoms with Crippen LogP contribution in [0.2, 0.25) is 0 Å². The Hall–Kier alpha value is -2.93. The number of hydrogen-bond donors (Lipinski definition) is 0. The van der Waals surface area contributed by atoms with E-state index in [2.05, 4.69) is 86.7 Å². The van der Waals surface area contributed by atoms with E-state index in [1.807, 2.05) is 0 Å². The summed E-state index contributed by atoms with van der Waals surface area (Å²) in [5.41, 5.74) is 9.08. The third kappa shape index (κ3) is 2.28. The standard InChI is InChI=1S/C25H21N/c1-16(2)21-13-14-22-24(21)23(18-8-4-5-9-18)25(26-22)20-12-11-17-7-3-6-10-19(17)15-20/h3-12,14-15,18H,13H2,1-2H3. The van der Waals surface area contributed by atoms with E-state index in [1.165, 1.54) is 38.6 Å². The SMILES string of the molecule is CC(C)=C1CC=C2N=C(c3ccc4ccccc4c3)C(C3C=CC=C3)=C21. The summed E-state index contributed by atoms with van der Waals surface area (Å²) in [6.45, 7) is 4.43. The third-order valence-electron chi connectivity index (χ3n) is 5.52. The van der Waals surface area contributed by atoms with E-state index in [4.69, 9.17) is 4.99 Å². The molecule has 126 valence electrons. The minimum atomic E-state index is 0.313. The van der Waals surface area contributed by atoms with Crippen LogP contribution in [-0.2, 0) is 0 Å². The van der Waals surface area contributed by atoms with Gasteiger partial charge < -0.3 is 0 Å². The lowest BCUT2D eigenvalue weighted by Crippen LogP contribution is -2.10. The van der Waals surface area contributed by atoms with Crippen LogP contribution in [-0.4, -0.2) is 5.71 Å². The van der Waals surface area contributed by atoms with E-state index < -0.39 is 0 Å². The average molecular weight is 335 g/mol. The number of nitrogens with zero attached hydrogens (tertiary/aromatic N) is 1. The molecule has 0 N–H and O–H groups in total. The summed E-state index contributed by atoms with van der Waals surface area (Å²) in [7, 11) is 0. The number of allylic oxidation sites excluding steroid dienone is 8. The fourth-order valence-corrected chi connectivity index (χ4v) is 4.22. The molecular weight excluding hydrogens is 314 g/mol. The van der Waals surface area contributed by atoms with Crippen LogP contribution in [0.3, 0.4) is 0 Å². The van der Waals surface area contributed by atoms with Gasteiger partial charge in [0, 0.05) is 17.1 Å². The van der Waals surface area contributed by atoms with Gasteiger partial charge in [-0.15, -0.1) is 0 Å². The van der Waals surface area contributed by atoms with E-state index in [0.717, 1.165) is 17.8 Å². The normalized spacial score (nSPS) is 18.8. The van der Waals surface area contributed by atoms with Crippen molar-refractivity contribution >= 4 is 16.5 Å². The Balaban J connectivity index is 1.72. The average Bonchev–Trinajstić information content (AvgIpc) is 3.37. The molecule has 0 saturated carbocycles. The first kappa shape index (κ1) is 15.3. The molecule has 0 radical (unpaired) electrons. The van der Waals surface area contributed by atoms with Crippen molar-refractivity contribution in [1.29, 1.82) is 0 Å². The van der Waals surface area contributed by atoms with Crippen LogP contribution in [0, 0.1) is 5.92 Å². The molecule has 0 amide bonds. The predicted molar refractivity (Wildman–Crippen MR) is 110 cm³/mol. The Bertz CT molecular complexity index is 1100. The molecule has 5 rings (SSSR count). The smallest absolute Gasteiger partial charge is 0.0757 e. The molecule has 0 saturated heterocycles. The summed E-state index contributed by atoms with van der Waals surface area (Å²) in [4.78, 5) is 5.09. The number of rotatable bonds is 2. The van der Waals surface area contributed by atoms with E-state index in [1.54, 1.807) is 0 Å². The van der Waals surface area contributed by atoms with Gasteiger partial charge in [-0.1, -0.05) is 72.4 Å². The first-order chi connectivity index (χ1) is 12.7. The van der Waals surface area contributed by atoms with Crippen molar-refractivity contribution in [1.82, 2.24) is 0 Å². The fraction of sp³-hybridized carbons (Fsp3) is 0.160. The van der Waals surface area contributed by atoms with E-state index in [-0.39, 0.29) is 0 Å². The van der Waals surface area contributed by atoms with Gasteiger partial charge in [0.15, 0.2) is 0 Å². The third-order valence-corrected chi connectivity index (χ3v) is 5.52. The van der Waals surface area contributed by atoms with Crippen molar-refractivity contribution in [3.05, 3.63) is 106 Å². The largest absolute Gasteiger partial charge is 0.248 e. The minimum absolute atomic E-state index is 0.313. The molecule has 0 bridgehead atoms. The van der Waals surface area contributed by atoms with Gasteiger partial charge in [-0.3, -0.25) is 0 Å². The summed E-state index contributed by atoms with van der Waals surface area (Å²) in [5.74, 6) is 0.313. The lowest BCUT2D eigenvalue weighted by molar-refractivity contribution is 1.03. The Morgan fingerprint density at radius 3 is 2.50 bits per heavy atom. The van der Waals surface area contributed by atoms with Crippen molar-refractivity contribution in [3.63, 3.8) is 0 Å². The van der Waals surface area contributed by atoms with Crippen molar-refractivity contribution in [2.24, 2.45) is 10.9 Å². The number of fused-ring (bicyclic) bond motifs is 2. The molecule has 26 heavy (non-hydrogen) atoms. The molecule has 3 aliphatic rings. The maximum Gasteiger partial charge on any atom is 0.0757 e. The highest BCUT2D eigenvalue weighted by Crippen LogP contribution is 2.45. The van der Waals surface area contributed by atoms with E-state index in [0.29, 0.717) is 5.92 Å². The topological polar surface area (TPSA) is 12.4 Å². The first-order valence-corrected chi connectivity index (χ1v) is 9.27. The highest BCUT2D eigenvalue weighted by Gasteiger charge is 2.33. The molecule has 0 spiro atoms. The highest BCUT2D eigenvalue weighted by atomic mass is 14.8. The van der Waals surface area contributed by atoms with Gasteiger partial charge in [0.1, 0.15) is 0 Å². The number of aliphatic imine (C=N–C) groups is 1.